The van der Waals surface area contributed by atoms with Crippen LogP contribution in [0.2, 0.25) is 0 Å². The van der Waals surface area contributed by atoms with E-state index in [4.69, 9.17) is 18.9 Å². The number of nitrogens with zero attached hydrogens (tertiary/aromatic N) is 3. The number of piperidine rings is 1. The summed E-state index contributed by atoms with van der Waals surface area (Å²) in [5.74, 6) is -3.40. The van der Waals surface area contributed by atoms with Crippen LogP contribution in [0.25, 0.3) is 0 Å². The van der Waals surface area contributed by atoms with Crippen molar-refractivity contribution >= 4 is 53.8 Å². The SMILES string of the molecule is CCCC[C@@H](NC(=O)[C@@H](Cc1ccccc1)NC(=O)[C@@H](CCc1ccccc1)NC(=O)OC(C)(C)C)C(=O)N[C@H](Cc1cnc(NC(=O)OC(C)(C)C)nc1)C(=O)N1CCC(NC(=O)OC(C)(C)C)(C(=O)OC)CC1. The van der Waals surface area contributed by atoms with Gasteiger partial charge in [0.25, 0.3) is 0 Å². The number of hydrogen-bond acceptors (Lipinski definition) is 14. The lowest BCUT2D eigenvalue weighted by Gasteiger charge is -2.41. The summed E-state index contributed by atoms with van der Waals surface area (Å²) in [6.07, 6.45) is 1.95. The van der Waals surface area contributed by atoms with Crippen LogP contribution in [-0.4, -0.2) is 129 Å². The summed E-state index contributed by atoms with van der Waals surface area (Å²) in [4.78, 5) is 120. The van der Waals surface area contributed by atoms with Gasteiger partial charge in [-0.15, -0.1) is 0 Å². The number of aryl methyl sites for hydroxylation is 1. The average Bonchev–Trinajstić information content (AvgIpc) is 3.32. The normalized spacial score (nSPS) is 15.1. The van der Waals surface area contributed by atoms with Crippen LogP contribution in [0.4, 0.5) is 20.3 Å². The lowest BCUT2D eigenvalue weighted by Crippen LogP contribution is -2.63. The lowest BCUT2D eigenvalue weighted by atomic mass is 9.87. The highest BCUT2D eigenvalue weighted by Crippen LogP contribution is 2.26. The maximum absolute atomic E-state index is 14.7. The van der Waals surface area contributed by atoms with Crippen molar-refractivity contribution in [3.63, 3.8) is 0 Å². The molecule has 0 unspecified atom stereocenters. The predicted molar refractivity (Wildman–Crippen MR) is 279 cm³/mol. The first-order chi connectivity index (χ1) is 35.2. The monoisotopic (exact) mass is 1040 g/mol. The highest BCUT2D eigenvalue weighted by atomic mass is 16.6. The Bertz CT molecular complexity index is 2390. The van der Waals surface area contributed by atoms with Gasteiger partial charge in [0.1, 0.15) is 46.5 Å². The molecule has 6 N–H and O–H groups in total. The van der Waals surface area contributed by atoms with E-state index in [0.717, 1.165) is 5.56 Å². The molecular formula is C54H77N9O12. The van der Waals surface area contributed by atoms with Crippen LogP contribution >= 0.6 is 0 Å². The minimum Gasteiger partial charge on any atom is -0.467 e. The molecular weight excluding hydrogens is 967 g/mol. The highest BCUT2D eigenvalue weighted by molar-refractivity contribution is 5.96. The van der Waals surface area contributed by atoms with E-state index in [1.54, 1.807) is 86.6 Å². The molecule has 0 aliphatic carbocycles. The largest absolute Gasteiger partial charge is 0.467 e. The molecule has 1 aliphatic rings. The maximum Gasteiger partial charge on any atom is 0.414 e. The molecule has 3 aromatic rings. The van der Waals surface area contributed by atoms with Crippen molar-refractivity contribution in [2.75, 3.05) is 25.5 Å². The van der Waals surface area contributed by atoms with Gasteiger partial charge in [-0.1, -0.05) is 80.4 Å². The van der Waals surface area contributed by atoms with E-state index in [1.165, 1.54) is 24.4 Å². The predicted octanol–water partition coefficient (Wildman–Crippen LogP) is 5.84. The van der Waals surface area contributed by atoms with Gasteiger partial charge >= 0.3 is 24.2 Å². The zero-order chi connectivity index (χ0) is 55.6. The molecule has 4 atom stereocenters. The van der Waals surface area contributed by atoms with Gasteiger partial charge in [-0.05, 0) is 111 Å². The van der Waals surface area contributed by atoms with Gasteiger partial charge in [-0.25, -0.2) is 29.1 Å². The number of nitrogens with one attached hydrogen (secondary N) is 6. The second-order valence-corrected chi connectivity index (χ2v) is 21.5. The summed E-state index contributed by atoms with van der Waals surface area (Å²) >= 11 is 0. The van der Waals surface area contributed by atoms with E-state index in [9.17, 15) is 38.4 Å². The number of hydrogen-bond donors (Lipinski definition) is 6. The van der Waals surface area contributed by atoms with Gasteiger partial charge in [0, 0.05) is 38.3 Å². The van der Waals surface area contributed by atoms with Gasteiger partial charge < -0.3 is 50.4 Å². The number of carbonyl (C=O) groups is 8. The third kappa shape index (κ3) is 20.8. The molecule has 0 saturated carbocycles. The first-order valence-electron chi connectivity index (χ1n) is 25.4. The molecule has 2 aromatic carbocycles. The van der Waals surface area contributed by atoms with E-state index < -0.39 is 94.4 Å². The second kappa shape index (κ2) is 27.3. The fourth-order valence-corrected chi connectivity index (χ4v) is 7.99. The number of amides is 7. The van der Waals surface area contributed by atoms with Crippen molar-refractivity contribution in [3.05, 3.63) is 89.7 Å². The van der Waals surface area contributed by atoms with Crippen LogP contribution in [0.3, 0.4) is 0 Å². The van der Waals surface area contributed by atoms with Crippen molar-refractivity contribution < 1.29 is 57.3 Å². The molecule has 0 spiro atoms. The number of esters is 1. The van der Waals surface area contributed by atoms with Crippen LogP contribution in [0.15, 0.2) is 73.1 Å². The Morgan fingerprint density at radius 1 is 0.587 bits per heavy atom. The van der Waals surface area contributed by atoms with Crippen LogP contribution in [-0.2, 0) is 62.2 Å². The summed E-state index contributed by atoms with van der Waals surface area (Å²) in [5, 5.41) is 16.4. The van der Waals surface area contributed by atoms with Gasteiger partial charge in [0.05, 0.1) is 7.11 Å². The highest BCUT2D eigenvalue weighted by Gasteiger charge is 2.46. The molecule has 0 radical (unpaired) electrons. The smallest absolute Gasteiger partial charge is 0.414 e. The fraction of sp³-hybridized carbons (Fsp3) is 0.556. The molecule has 21 heteroatoms. The van der Waals surface area contributed by atoms with Gasteiger partial charge in [0.2, 0.25) is 29.6 Å². The summed E-state index contributed by atoms with van der Waals surface area (Å²) in [5.41, 5.74) is -2.02. The Balaban J connectivity index is 1.64. The maximum atomic E-state index is 14.7. The number of alkyl carbamates (subject to hydrolysis) is 2. The molecule has 1 aliphatic heterocycles. The first-order valence-corrected chi connectivity index (χ1v) is 25.4. The number of ether oxygens (including phenoxy) is 4. The lowest BCUT2D eigenvalue weighted by molar-refractivity contribution is -0.153. The number of rotatable bonds is 21. The summed E-state index contributed by atoms with van der Waals surface area (Å²) in [6.45, 7) is 17.1. The van der Waals surface area contributed by atoms with E-state index in [1.807, 2.05) is 43.3 Å². The van der Waals surface area contributed by atoms with E-state index in [-0.39, 0.29) is 57.6 Å². The summed E-state index contributed by atoms with van der Waals surface area (Å²) in [7, 11) is 1.19. The van der Waals surface area contributed by atoms with Gasteiger partial charge in [-0.2, -0.15) is 0 Å². The molecule has 1 saturated heterocycles. The summed E-state index contributed by atoms with van der Waals surface area (Å²) < 4.78 is 21.3. The quantitative estimate of drug-likeness (QED) is 0.0541. The molecule has 0 bridgehead atoms. The number of carbonyl (C=O) groups excluding carboxylic acids is 8. The topological polar surface area (TPSA) is 275 Å². The first kappa shape index (κ1) is 60.2. The number of methoxy groups -OCH3 is 1. The Kier molecular flexibility index (Phi) is 21.9. The molecule has 1 fully saturated rings. The van der Waals surface area contributed by atoms with E-state index in [0.29, 0.717) is 30.4 Å². The number of anilines is 1. The van der Waals surface area contributed by atoms with Crippen molar-refractivity contribution in [1.82, 2.24) is 41.5 Å². The number of benzene rings is 2. The molecule has 21 nitrogen and oxygen atoms in total. The van der Waals surface area contributed by atoms with Crippen LogP contribution in [0.5, 0.6) is 0 Å². The minimum absolute atomic E-state index is 0.0169. The van der Waals surface area contributed by atoms with Gasteiger partial charge in [-0.3, -0.25) is 24.5 Å². The average molecular weight is 1040 g/mol. The Labute approximate surface area is 440 Å². The number of likely N-dealkylation sites (tertiary alicyclic amines) is 1. The molecule has 410 valence electrons. The molecule has 7 amide bonds. The zero-order valence-electron chi connectivity index (χ0n) is 45.3. The Hall–Kier alpha value is -7.32. The second-order valence-electron chi connectivity index (χ2n) is 21.5. The third-order valence-corrected chi connectivity index (χ3v) is 11.6. The van der Waals surface area contributed by atoms with Crippen molar-refractivity contribution in [3.8, 4) is 0 Å². The van der Waals surface area contributed by atoms with Crippen molar-refractivity contribution in [1.29, 1.82) is 0 Å². The molecule has 1 aromatic heterocycles. The molecule has 75 heavy (non-hydrogen) atoms. The number of unbranched alkanes of at least 4 members (excludes halogenated alkanes) is 1. The van der Waals surface area contributed by atoms with Crippen molar-refractivity contribution in [2.24, 2.45) is 0 Å². The Morgan fingerprint density at radius 2 is 1.05 bits per heavy atom. The van der Waals surface area contributed by atoms with E-state index in [2.05, 4.69) is 41.9 Å². The van der Waals surface area contributed by atoms with Crippen LogP contribution < -0.4 is 31.9 Å². The van der Waals surface area contributed by atoms with Crippen LogP contribution in [0, 0.1) is 0 Å². The minimum atomic E-state index is -1.52. The summed E-state index contributed by atoms with van der Waals surface area (Å²) in [6, 6.07) is 13.5. The zero-order valence-corrected chi connectivity index (χ0v) is 45.3. The standard InChI is InChI=1S/C54H77N9O12/c1-12-13-24-38(57-44(66)40(31-36-22-18-15-19-23-36)58-43(65)39(60-48(69)73-51(2,3)4)26-25-35-20-16-14-17-21-35)42(64)59-41(32-37-33-55-47(56-34-37)61-49(70)74-52(5,6)7)45(67)63-29-27-54(28-30-63,46(68)72-11)62-50(71)75-53(8,9)10/h14-23,33-34,38-41H,12-13,24-32H2,1-11H3,(H,57,66)(H,58,65)(H,59,64)(H,60,69)(H,62,71)(H,55,56,61,70)/t38-,39-,40-,41-/m1/s1. The van der Waals surface area contributed by atoms with Gasteiger partial charge in [0.15, 0.2) is 0 Å². The van der Waals surface area contributed by atoms with Crippen LogP contribution in [0.1, 0.15) is 124 Å². The molecule has 4 rings (SSSR count). The Morgan fingerprint density at radius 3 is 1.59 bits per heavy atom. The van der Waals surface area contributed by atoms with E-state index >= 15 is 0 Å². The third-order valence-electron chi connectivity index (χ3n) is 11.6. The van der Waals surface area contributed by atoms with Crippen molar-refractivity contribution in [2.45, 2.75) is 174 Å². The number of aromatic nitrogens is 2. The molecule has 2 heterocycles. The fourth-order valence-electron chi connectivity index (χ4n) is 7.99.